The minimum absolute atomic E-state index is 0.143. The van der Waals surface area contributed by atoms with E-state index in [1.165, 1.54) is 6.20 Å². The maximum Gasteiger partial charge on any atom is 0.242 e. The number of morpholine rings is 1. The number of nitrogens with one attached hydrogen (secondary N) is 2. The maximum atomic E-state index is 15.4. The highest BCUT2D eigenvalue weighted by Gasteiger charge is 2.35. The Labute approximate surface area is 239 Å². The van der Waals surface area contributed by atoms with Crippen molar-refractivity contribution in [2.45, 2.75) is 65.0 Å². The molecule has 214 valence electrons. The van der Waals surface area contributed by atoms with Gasteiger partial charge in [-0.25, -0.2) is 14.4 Å². The van der Waals surface area contributed by atoms with Crippen LogP contribution in [0.1, 0.15) is 60.8 Å². The number of aromatic nitrogens is 4. The van der Waals surface area contributed by atoms with E-state index in [9.17, 15) is 4.79 Å². The number of benzene rings is 1. The summed E-state index contributed by atoms with van der Waals surface area (Å²) in [5.41, 5.74) is 3.47. The molecule has 2 N–H and O–H groups in total. The third-order valence-corrected chi connectivity index (χ3v) is 8.17. The number of likely N-dealkylation sites (tertiary alicyclic amines) is 1. The predicted octanol–water partition coefficient (Wildman–Crippen LogP) is 4.76. The van der Waals surface area contributed by atoms with E-state index in [1.54, 1.807) is 6.07 Å². The Balaban J connectivity index is 1.24. The van der Waals surface area contributed by atoms with Crippen molar-refractivity contribution in [3.63, 3.8) is 0 Å². The van der Waals surface area contributed by atoms with Gasteiger partial charge in [0.25, 0.3) is 0 Å². The largest absolute Gasteiger partial charge is 0.378 e. The molecular weight excluding hydrogens is 533 g/mol. The van der Waals surface area contributed by atoms with Crippen molar-refractivity contribution in [3.05, 3.63) is 63.4 Å². The monoisotopic (exact) mass is 569 g/mol. The Hall–Kier alpha value is -3.08. The molecule has 0 saturated carbocycles. The van der Waals surface area contributed by atoms with Gasteiger partial charge in [-0.2, -0.15) is 5.10 Å². The topological polar surface area (TPSA) is 99.3 Å². The molecule has 2 aliphatic rings. The van der Waals surface area contributed by atoms with E-state index in [1.807, 2.05) is 30.9 Å². The van der Waals surface area contributed by atoms with Gasteiger partial charge in [-0.3, -0.25) is 14.8 Å². The van der Waals surface area contributed by atoms with Crippen molar-refractivity contribution in [2.75, 3.05) is 38.2 Å². The molecule has 0 aliphatic carbocycles. The van der Waals surface area contributed by atoms with Gasteiger partial charge in [0, 0.05) is 43.9 Å². The SMILES string of the molecule is Cc1cc(Nc2nc(Cc3cc(C)c(C4CCN(C(=O)[C@@H]5COCCN5C(C)C)CC4)cc3F)ncc2Cl)n[nH]1. The van der Waals surface area contributed by atoms with Gasteiger partial charge < -0.3 is 15.0 Å². The maximum absolute atomic E-state index is 15.4. The molecule has 1 atom stereocenters. The Morgan fingerprint density at radius 3 is 2.70 bits per heavy atom. The van der Waals surface area contributed by atoms with E-state index < -0.39 is 0 Å². The van der Waals surface area contributed by atoms with Gasteiger partial charge in [-0.15, -0.1) is 0 Å². The average Bonchev–Trinajstić information content (AvgIpc) is 3.36. The number of hydrogen-bond acceptors (Lipinski definition) is 7. The fraction of sp³-hybridized carbons (Fsp3) is 0.517. The van der Waals surface area contributed by atoms with Gasteiger partial charge in [-0.1, -0.05) is 17.7 Å². The summed E-state index contributed by atoms with van der Waals surface area (Å²) in [6, 6.07) is 5.46. The van der Waals surface area contributed by atoms with E-state index in [-0.39, 0.29) is 30.1 Å². The molecule has 4 heterocycles. The summed E-state index contributed by atoms with van der Waals surface area (Å²) < 4.78 is 21.0. The van der Waals surface area contributed by atoms with Gasteiger partial charge in [0.1, 0.15) is 22.7 Å². The van der Waals surface area contributed by atoms with Crippen LogP contribution >= 0.6 is 11.6 Å². The van der Waals surface area contributed by atoms with Crippen LogP contribution in [0.3, 0.4) is 0 Å². The summed E-state index contributed by atoms with van der Waals surface area (Å²) in [6.07, 6.45) is 3.37. The zero-order chi connectivity index (χ0) is 28.4. The summed E-state index contributed by atoms with van der Waals surface area (Å²) >= 11 is 6.28. The summed E-state index contributed by atoms with van der Waals surface area (Å²) in [5.74, 6) is 1.54. The number of piperidine rings is 1. The minimum atomic E-state index is -0.276. The molecule has 2 saturated heterocycles. The summed E-state index contributed by atoms with van der Waals surface area (Å²) in [4.78, 5) is 26.3. The van der Waals surface area contributed by atoms with Crippen molar-refractivity contribution in [2.24, 2.45) is 0 Å². The van der Waals surface area contributed by atoms with Crippen molar-refractivity contribution >= 4 is 29.1 Å². The first kappa shape index (κ1) is 28.4. The number of carbonyl (C=O) groups is 1. The highest BCUT2D eigenvalue weighted by Crippen LogP contribution is 2.33. The van der Waals surface area contributed by atoms with Gasteiger partial charge in [0.2, 0.25) is 5.91 Å². The number of hydrogen-bond donors (Lipinski definition) is 2. The summed E-state index contributed by atoms with van der Waals surface area (Å²) in [6.45, 7) is 11.4. The minimum Gasteiger partial charge on any atom is -0.378 e. The molecule has 0 spiro atoms. The Kier molecular flexibility index (Phi) is 8.68. The van der Waals surface area contributed by atoms with E-state index in [0.29, 0.717) is 60.4 Å². The normalized spacial score (nSPS) is 18.9. The first-order chi connectivity index (χ1) is 19.2. The molecule has 0 bridgehead atoms. The van der Waals surface area contributed by atoms with Crippen LogP contribution in [0, 0.1) is 19.7 Å². The second-order valence-electron chi connectivity index (χ2n) is 11.0. The molecule has 1 amide bonds. The molecule has 2 aliphatic heterocycles. The van der Waals surface area contributed by atoms with Crippen LogP contribution in [-0.4, -0.2) is 80.8 Å². The molecule has 0 radical (unpaired) electrons. The molecule has 2 fully saturated rings. The lowest BCUT2D eigenvalue weighted by Gasteiger charge is -2.41. The smallest absolute Gasteiger partial charge is 0.242 e. The van der Waals surface area contributed by atoms with Crippen LogP contribution in [0.4, 0.5) is 16.0 Å². The lowest BCUT2D eigenvalue weighted by Crippen LogP contribution is -2.57. The number of anilines is 2. The number of rotatable bonds is 7. The fourth-order valence-corrected chi connectivity index (χ4v) is 5.89. The second kappa shape index (κ2) is 12.2. The summed E-state index contributed by atoms with van der Waals surface area (Å²) in [5, 5.41) is 10.4. The van der Waals surface area contributed by atoms with Crippen molar-refractivity contribution in [1.82, 2.24) is 30.0 Å². The zero-order valence-corrected chi connectivity index (χ0v) is 24.3. The Morgan fingerprint density at radius 1 is 1.23 bits per heavy atom. The predicted molar refractivity (Wildman–Crippen MR) is 153 cm³/mol. The number of nitrogens with zero attached hydrogens (tertiary/aromatic N) is 5. The van der Waals surface area contributed by atoms with E-state index in [0.717, 1.165) is 36.2 Å². The number of aryl methyl sites for hydroxylation is 2. The molecule has 5 rings (SSSR count). The molecule has 1 aromatic carbocycles. The number of H-pyrrole nitrogens is 1. The average molecular weight is 570 g/mol. The molecule has 40 heavy (non-hydrogen) atoms. The number of amides is 1. The van der Waals surface area contributed by atoms with Crippen molar-refractivity contribution < 1.29 is 13.9 Å². The van der Waals surface area contributed by atoms with Gasteiger partial charge in [0.15, 0.2) is 11.6 Å². The van der Waals surface area contributed by atoms with Crippen LogP contribution < -0.4 is 5.32 Å². The Bertz CT molecular complexity index is 1360. The van der Waals surface area contributed by atoms with Crippen molar-refractivity contribution in [1.29, 1.82) is 0 Å². The first-order valence-electron chi connectivity index (χ1n) is 13.9. The van der Waals surface area contributed by atoms with Crippen LogP contribution in [0.25, 0.3) is 0 Å². The fourth-order valence-electron chi connectivity index (χ4n) is 5.75. The highest BCUT2D eigenvalue weighted by atomic mass is 35.5. The lowest BCUT2D eigenvalue weighted by molar-refractivity contribution is -0.145. The number of halogens is 2. The summed E-state index contributed by atoms with van der Waals surface area (Å²) in [7, 11) is 0. The van der Waals surface area contributed by atoms with Gasteiger partial charge in [0.05, 0.1) is 19.4 Å². The van der Waals surface area contributed by atoms with Crippen LogP contribution in [0.2, 0.25) is 5.02 Å². The number of carbonyl (C=O) groups excluding carboxylic acids is 1. The molecule has 11 heteroatoms. The quantitative estimate of drug-likeness (QED) is 0.423. The second-order valence-corrected chi connectivity index (χ2v) is 11.5. The van der Waals surface area contributed by atoms with E-state index in [2.05, 4.69) is 44.2 Å². The van der Waals surface area contributed by atoms with Gasteiger partial charge in [-0.05, 0) is 69.2 Å². The third-order valence-electron chi connectivity index (χ3n) is 7.89. The molecule has 0 unspecified atom stereocenters. The highest BCUT2D eigenvalue weighted by molar-refractivity contribution is 6.32. The van der Waals surface area contributed by atoms with Crippen LogP contribution in [0.15, 0.2) is 24.4 Å². The molecule has 2 aromatic heterocycles. The van der Waals surface area contributed by atoms with E-state index >= 15 is 4.39 Å². The Morgan fingerprint density at radius 2 is 2.00 bits per heavy atom. The van der Waals surface area contributed by atoms with Crippen LogP contribution in [-0.2, 0) is 16.0 Å². The molecular formula is C29H37ClFN7O2. The van der Waals surface area contributed by atoms with E-state index in [4.69, 9.17) is 16.3 Å². The van der Waals surface area contributed by atoms with Crippen LogP contribution in [0.5, 0.6) is 0 Å². The zero-order valence-electron chi connectivity index (χ0n) is 23.5. The molecule has 3 aromatic rings. The number of aromatic amines is 1. The van der Waals surface area contributed by atoms with Crippen molar-refractivity contribution in [3.8, 4) is 0 Å². The standard InChI is InChI=1S/C29H37ClFN7O2/c1-17(2)38-9-10-40-16-25(38)29(39)37-7-5-20(6-8-37)22-14-24(31)21(11-18(22)3)13-26-32-15-23(30)28(33-26)34-27-12-19(4)35-36-27/h11-12,14-15,17,20,25H,5-10,13,16H2,1-4H3,(H2,32,33,34,35,36)/t25-/m0/s1. The molecule has 9 nitrogen and oxygen atoms in total. The van der Waals surface area contributed by atoms with Gasteiger partial charge >= 0.3 is 0 Å². The number of ether oxygens (including phenoxy) is 1. The third kappa shape index (κ3) is 6.29. The first-order valence-corrected chi connectivity index (χ1v) is 14.3. The lowest BCUT2D eigenvalue weighted by atomic mass is 9.85.